The molecule has 0 aromatic heterocycles. The number of nitrogens with one attached hydrogen (secondary N) is 1. The number of nitrogens with two attached hydrogens (primary N) is 1. The van der Waals surface area contributed by atoms with E-state index in [-0.39, 0.29) is 11.3 Å². The van der Waals surface area contributed by atoms with E-state index in [1.54, 1.807) is 7.11 Å². The van der Waals surface area contributed by atoms with E-state index in [1.807, 2.05) is 29.2 Å². The van der Waals surface area contributed by atoms with Crippen LogP contribution in [-0.4, -0.2) is 43.6 Å². The number of hydrogen-bond donors (Lipinski definition) is 2. The molecule has 3 N–H and O–H groups in total. The molecule has 2 rings (SSSR count). The fourth-order valence-corrected chi connectivity index (χ4v) is 3.44. The Morgan fingerprint density at radius 3 is 2.54 bits per heavy atom. The number of likely N-dealkylation sites (tertiary alicyclic amines) is 1. The highest BCUT2D eigenvalue weighted by molar-refractivity contribution is 5.83. The van der Waals surface area contributed by atoms with Gasteiger partial charge in [-0.15, -0.1) is 0 Å². The maximum Gasteiger partial charge on any atom is 0.230 e. The summed E-state index contributed by atoms with van der Waals surface area (Å²) < 4.78 is 5.26. The monoisotopic (exact) mass is 333 g/mol. The molecule has 0 spiro atoms. The minimum Gasteiger partial charge on any atom is -0.497 e. The molecule has 1 fully saturated rings. The standard InChI is InChI=1S/C19H31N3O2/c1-4-19(5-2,14-20)18(23)22-11-9-15(10-12-22)21-16-7-6-8-17(13-16)24-3/h6-8,13,15,21H,4-5,9-12,14,20H2,1-3H3. The first-order valence-electron chi connectivity index (χ1n) is 8.98. The summed E-state index contributed by atoms with van der Waals surface area (Å²) in [6.07, 6.45) is 3.52. The predicted octanol–water partition coefficient (Wildman–Crippen LogP) is 2.86. The Balaban J connectivity index is 1.92. The molecule has 134 valence electrons. The summed E-state index contributed by atoms with van der Waals surface area (Å²) >= 11 is 0. The topological polar surface area (TPSA) is 67.6 Å². The second-order valence-corrected chi connectivity index (χ2v) is 6.63. The lowest BCUT2D eigenvalue weighted by atomic mass is 9.80. The van der Waals surface area contributed by atoms with Crippen molar-refractivity contribution in [2.75, 3.05) is 32.1 Å². The van der Waals surface area contributed by atoms with Gasteiger partial charge >= 0.3 is 0 Å². The number of methoxy groups -OCH3 is 1. The van der Waals surface area contributed by atoms with Crippen LogP contribution in [0.5, 0.6) is 5.75 Å². The fraction of sp³-hybridized carbons (Fsp3) is 0.632. The van der Waals surface area contributed by atoms with Crippen LogP contribution in [0.3, 0.4) is 0 Å². The Kier molecular flexibility index (Phi) is 6.49. The SMILES string of the molecule is CCC(CC)(CN)C(=O)N1CCC(Nc2cccc(OC)c2)CC1. The third-order valence-electron chi connectivity index (χ3n) is 5.42. The minimum absolute atomic E-state index is 0.231. The van der Waals surface area contributed by atoms with Crippen molar-refractivity contribution in [1.82, 2.24) is 4.90 Å². The maximum atomic E-state index is 12.9. The lowest BCUT2D eigenvalue weighted by molar-refractivity contribution is -0.143. The fourth-order valence-electron chi connectivity index (χ4n) is 3.44. The molecule has 5 nitrogen and oxygen atoms in total. The minimum atomic E-state index is -0.382. The first-order chi connectivity index (χ1) is 11.6. The van der Waals surface area contributed by atoms with Crippen LogP contribution in [0.2, 0.25) is 0 Å². The molecule has 1 saturated heterocycles. The van der Waals surface area contributed by atoms with E-state index < -0.39 is 0 Å². The zero-order valence-electron chi connectivity index (χ0n) is 15.2. The molecule has 5 heteroatoms. The third-order valence-corrected chi connectivity index (χ3v) is 5.42. The van der Waals surface area contributed by atoms with E-state index in [2.05, 4.69) is 19.2 Å². The summed E-state index contributed by atoms with van der Waals surface area (Å²) in [6, 6.07) is 8.36. The van der Waals surface area contributed by atoms with E-state index in [0.717, 1.165) is 50.2 Å². The predicted molar refractivity (Wildman–Crippen MR) is 98.3 cm³/mol. The molecule has 0 atom stereocenters. The molecule has 24 heavy (non-hydrogen) atoms. The lowest BCUT2D eigenvalue weighted by Gasteiger charge is -2.39. The molecule has 0 saturated carbocycles. The molecule has 1 aliphatic rings. The Hall–Kier alpha value is -1.75. The summed E-state index contributed by atoms with van der Waals surface area (Å²) in [6.45, 7) is 6.14. The van der Waals surface area contributed by atoms with Crippen molar-refractivity contribution in [3.63, 3.8) is 0 Å². The summed E-state index contributed by atoms with van der Waals surface area (Å²) in [5.41, 5.74) is 6.61. The molecule has 1 aliphatic heterocycles. The van der Waals surface area contributed by atoms with Gasteiger partial charge < -0.3 is 20.7 Å². The number of nitrogens with zero attached hydrogens (tertiary/aromatic N) is 1. The highest BCUT2D eigenvalue weighted by Crippen LogP contribution is 2.29. The van der Waals surface area contributed by atoms with Crippen molar-refractivity contribution in [3.8, 4) is 5.75 Å². The van der Waals surface area contributed by atoms with Crippen molar-refractivity contribution in [2.24, 2.45) is 11.1 Å². The van der Waals surface area contributed by atoms with E-state index in [9.17, 15) is 4.79 Å². The molecule has 0 radical (unpaired) electrons. The van der Waals surface area contributed by atoms with E-state index in [4.69, 9.17) is 10.5 Å². The van der Waals surface area contributed by atoms with E-state index in [1.165, 1.54) is 0 Å². The number of piperidine rings is 1. The Bertz CT molecular complexity index is 527. The zero-order valence-corrected chi connectivity index (χ0v) is 15.2. The summed E-state index contributed by atoms with van der Waals surface area (Å²) in [5, 5.41) is 3.55. The Labute approximate surface area is 145 Å². The second-order valence-electron chi connectivity index (χ2n) is 6.63. The van der Waals surface area contributed by atoms with Gasteiger partial charge in [-0.05, 0) is 37.8 Å². The van der Waals surface area contributed by atoms with Gasteiger partial charge in [-0.25, -0.2) is 0 Å². The first-order valence-corrected chi connectivity index (χ1v) is 8.98. The molecule has 1 aromatic carbocycles. The van der Waals surface area contributed by atoms with Crippen molar-refractivity contribution >= 4 is 11.6 Å². The summed E-state index contributed by atoms with van der Waals surface area (Å²) in [5.74, 6) is 1.08. The molecule has 0 aliphatic carbocycles. The average Bonchev–Trinajstić information content (AvgIpc) is 2.64. The van der Waals surface area contributed by atoms with Crippen molar-refractivity contribution in [3.05, 3.63) is 24.3 Å². The van der Waals surface area contributed by atoms with E-state index in [0.29, 0.717) is 12.6 Å². The second kappa shape index (κ2) is 8.38. The molecular weight excluding hydrogens is 302 g/mol. The van der Waals surface area contributed by atoms with Gasteiger partial charge in [-0.3, -0.25) is 4.79 Å². The van der Waals surface area contributed by atoms with Crippen LogP contribution in [0.25, 0.3) is 0 Å². The van der Waals surface area contributed by atoms with Crippen molar-refractivity contribution < 1.29 is 9.53 Å². The first kappa shape index (κ1) is 18.6. The van der Waals surface area contributed by atoms with Crippen molar-refractivity contribution in [2.45, 2.75) is 45.6 Å². The highest BCUT2D eigenvalue weighted by atomic mass is 16.5. The van der Waals surface area contributed by atoms with Gasteiger partial charge in [-0.1, -0.05) is 19.9 Å². The van der Waals surface area contributed by atoms with Gasteiger partial charge in [0, 0.05) is 37.4 Å². The Morgan fingerprint density at radius 1 is 1.33 bits per heavy atom. The number of hydrogen-bond acceptors (Lipinski definition) is 4. The molecule has 1 aromatic rings. The van der Waals surface area contributed by atoms with Gasteiger partial charge in [-0.2, -0.15) is 0 Å². The van der Waals surface area contributed by atoms with Crippen LogP contribution >= 0.6 is 0 Å². The number of benzene rings is 1. The Morgan fingerprint density at radius 2 is 2.00 bits per heavy atom. The molecular formula is C19H31N3O2. The number of carbonyl (C=O) groups excluding carboxylic acids is 1. The van der Waals surface area contributed by atoms with E-state index >= 15 is 0 Å². The number of amides is 1. The highest BCUT2D eigenvalue weighted by Gasteiger charge is 2.38. The van der Waals surface area contributed by atoms with Gasteiger partial charge in [0.25, 0.3) is 0 Å². The summed E-state index contributed by atoms with van der Waals surface area (Å²) in [7, 11) is 1.67. The van der Waals surface area contributed by atoms with Gasteiger partial charge in [0.05, 0.1) is 12.5 Å². The molecule has 1 amide bonds. The number of anilines is 1. The average molecular weight is 333 g/mol. The molecule has 1 heterocycles. The van der Waals surface area contributed by atoms with Crippen molar-refractivity contribution in [1.29, 1.82) is 0 Å². The normalized spacial score (nSPS) is 16.1. The molecule has 0 unspecified atom stereocenters. The van der Waals surface area contributed by atoms with Crippen LogP contribution < -0.4 is 15.8 Å². The molecule has 0 bridgehead atoms. The number of carbonyl (C=O) groups is 1. The van der Waals surface area contributed by atoms with Gasteiger partial charge in [0.15, 0.2) is 0 Å². The number of ether oxygens (including phenoxy) is 1. The largest absolute Gasteiger partial charge is 0.497 e. The zero-order chi connectivity index (χ0) is 17.6. The number of rotatable bonds is 7. The quantitative estimate of drug-likeness (QED) is 0.805. The third kappa shape index (κ3) is 4.01. The smallest absolute Gasteiger partial charge is 0.230 e. The summed E-state index contributed by atoms with van der Waals surface area (Å²) in [4.78, 5) is 14.9. The van der Waals surface area contributed by atoms with Gasteiger partial charge in [0.1, 0.15) is 5.75 Å². The van der Waals surface area contributed by atoms with Gasteiger partial charge in [0.2, 0.25) is 5.91 Å². The van der Waals surface area contributed by atoms with Crippen LogP contribution in [0, 0.1) is 5.41 Å². The van der Waals surface area contributed by atoms with Crippen LogP contribution in [0.4, 0.5) is 5.69 Å². The van der Waals surface area contributed by atoms with Crippen LogP contribution in [0.15, 0.2) is 24.3 Å². The van der Waals surface area contributed by atoms with Crippen LogP contribution in [-0.2, 0) is 4.79 Å². The van der Waals surface area contributed by atoms with Crippen LogP contribution in [0.1, 0.15) is 39.5 Å². The lowest BCUT2D eigenvalue weighted by Crippen LogP contribution is -2.51. The maximum absolute atomic E-state index is 12.9.